The van der Waals surface area contributed by atoms with E-state index in [9.17, 15) is 0 Å². The largest absolute Gasteiger partial charge is 0.493 e. The smallest absolute Gasteiger partial charge is 0.161 e. The van der Waals surface area contributed by atoms with Crippen LogP contribution < -0.4 is 14.8 Å². The van der Waals surface area contributed by atoms with Crippen molar-refractivity contribution in [3.8, 4) is 22.8 Å². The molecule has 0 amide bonds. The van der Waals surface area contributed by atoms with Crippen molar-refractivity contribution >= 4 is 46.6 Å². The van der Waals surface area contributed by atoms with Gasteiger partial charge in [0.2, 0.25) is 0 Å². The van der Waals surface area contributed by atoms with Crippen LogP contribution >= 0.6 is 40.7 Å². The number of hydrogen-bond donors (Lipinski definition) is 1. The highest BCUT2D eigenvalue weighted by Gasteiger charge is 2.33. The molecule has 2 aromatic carbocycles. The van der Waals surface area contributed by atoms with Gasteiger partial charge in [-0.25, -0.2) is 4.68 Å². The van der Waals surface area contributed by atoms with Gasteiger partial charge in [0.15, 0.2) is 11.5 Å². The molecule has 3 heterocycles. The third kappa shape index (κ3) is 4.73. The maximum Gasteiger partial charge on any atom is 0.161 e. The van der Waals surface area contributed by atoms with Crippen LogP contribution in [0.3, 0.4) is 0 Å². The Labute approximate surface area is 219 Å². The standard InChI is InChI=1S/C25H23BrN4O2.2ClH/c1-31-21-12-11-17(14-22(21)32-2)20-15-19(18-10-6-7-13-27-18)28-25-23(26)24(29-30(20)25)16-8-4-3-5-9-16;;/h3-14,19-20,28H,15H2,1-2H3;2*1H. The van der Waals surface area contributed by atoms with E-state index >= 15 is 0 Å². The predicted octanol–water partition coefficient (Wildman–Crippen LogP) is 6.71. The van der Waals surface area contributed by atoms with Gasteiger partial charge in [-0.3, -0.25) is 4.98 Å². The summed E-state index contributed by atoms with van der Waals surface area (Å²) in [4.78, 5) is 4.61. The Morgan fingerprint density at radius 2 is 1.68 bits per heavy atom. The number of aromatic nitrogens is 3. The van der Waals surface area contributed by atoms with E-state index in [0.29, 0.717) is 11.5 Å². The fourth-order valence-corrected chi connectivity index (χ4v) is 4.82. The van der Waals surface area contributed by atoms with Crippen LogP contribution in [0.15, 0.2) is 77.4 Å². The first kappa shape index (κ1) is 25.9. The second kappa shape index (κ2) is 11.1. The summed E-state index contributed by atoms with van der Waals surface area (Å²) in [5, 5.41) is 8.68. The van der Waals surface area contributed by atoms with Crippen LogP contribution in [-0.2, 0) is 0 Å². The molecule has 0 saturated carbocycles. The third-order valence-electron chi connectivity index (χ3n) is 5.80. The quantitative estimate of drug-likeness (QED) is 0.292. The minimum atomic E-state index is -0.00757. The van der Waals surface area contributed by atoms with Crippen LogP contribution in [0.25, 0.3) is 11.3 Å². The van der Waals surface area contributed by atoms with Crippen molar-refractivity contribution in [3.05, 3.63) is 88.7 Å². The summed E-state index contributed by atoms with van der Waals surface area (Å²) in [5.74, 6) is 2.35. The molecule has 5 rings (SSSR count). The van der Waals surface area contributed by atoms with E-state index in [4.69, 9.17) is 14.6 Å². The maximum atomic E-state index is 5.57. The van der Waals surface area contributed by atoms with E-state index < -0.39 is 0 Å². The fraction of sp³-hybridized carbons (Fsp3) is 0.200. The van der Waals surface area contributed by atoms with E-state index in [1.54, 1.807) is 14.2 Å². The Kier molecular flexibility index (Phi) is 8.47. The monoisotopic (exact) mass is 562 g/mol. The summed E-state index contributed by atoms with van der Waals surface area (Å²) < 4.78 is 14.0. The highest BCUT2D eigenvalue weighted by atomic mass is 79.9. The topological polar surface area (TPSA) is 61.2 Å². The molecule has 6 nitrogen and oxygen atoms in total. The normalized spacial score (nSPS) is 16.3. The summed E-state index contributed by atoms with van der Waals surface area (Å²) in [6.45, 7) is 0. The van der Waals surface area contributed by atoms with Gasteiger partial charge in [0.25, 0.3) is 0 Å². The van der Waals surface area contributed by atoms with Gasteiger partial charge in [-0.1, -0.05) is 42.5 Å². The van der Waals surface area contributed by atoms with E-state index in [2.05, 4.69) is 55.2 Å². The molecule has 1 aliphatic heterocycles. The molecular formula is C25H25BrCl2N4O2. The molecule has 2 aromatic heterocycles. The number of anilines is 1. The van der Waals surface area contributed by atoms with Gasteiger partial charge in [0.05, 0.1) is 36.5 Å². The van der Waals surface area contributed by atoms with Gasteiger partial charge in [-0.15, -0.1) is 24.8 Å². The van der Waals surface area contributed by atoms with Gasteiger partial charge in [0, 0.05) is 11.8 Å². The first-order valence-electron chi connectivity index (χ1n) is 10.4. The summed E-state index contributed by atoms with van der Waals surface area (Å²) >= 11 is 3.81. The summed E-state index contributed by atoms with van der Waals surface area (Å²) in [5.41, 5.74) is 4.06. The zero-order chi connectivity index (χ0) is 22.1. The van der Waals surface area contributed by atoms with Crippen LogP contribution in [0.5, 0.6) is 11.5 Å². The summed E-state index contributed by atoms with van der Waals surface area (Å²) in [6.07, 6.45) is 2.63. The van der Waals surface area contributed by atoms with Crippen LogP contribution in [0.4, 0.5) is 5.82 Å². The predicted molar refractivity (Wildman–Crippen MR) is 143 cm³/mol. The lowest BCUT2D eigenvalue weighted by molar-refractivity contribution is 0.352. The van der Waals surface area contributed by atoms with Gasteiger partial charge >= 0.3 is 0 Å². The molecule has 2 unspecified atom stereocenters. The van der Waals surface area contributed by atoms with Crippen molar-refractivity contribution in [3.63, 3.8) is 0 Å². The first-order chi connectivity index (χ1) is 15.7. The van der Waals surface area contributed by atoms with Gasteiger partial charge in [-0.2, -0.15) is 5.10 Å². The molecule has 4 aromatic rings. The average molecular weight is 564 g/mol. The van der Waals surface area contributed by atoms with Crippen LogP contribution in [-0.4, -0.2) is 29.0 Å². The molecule has 0 radical (unpaired) electrons. The van der Waals surface area contributed by atoms with Crippen molar-refractivity contribution in [2.45, 2.75) is 18.5 Å². The van der Waals surface area contributed by atoms with Gasteiger partial charge in [0.1, 0.15) is 11.5 Å². The van der Waals surface area contributed by atoms with Crippen LogP contribution in [0.1, 0.15) is 29.8 Å². The molecule has 9 heteroatoms. The minimum absolute atomic E-state index is 0. The Hall–Kier alpha value is -2.74. The fourth-order valence-electron chi connectivity index (χ4n) is 4.21. The number of nitrogens with one attached hydrogen (secondary N) is 1. The lowest BCUT2D eigenvalue weighted by Crippen LogP contribution is -2.28. The maximum absolute atomic E-state index is 5.57. The molecule has 0 bridgehead atoms. The molecule has 178 valence electrons. The number of hydrogen-bond acceptors (Lipinski definition) is 5. The number of methoxy groups -OCH3 is 2. The van der Waals surface area contributed by atoms with Gasteiger partial charge < -0.3 is 14.8 Å². The lowest BCUT2D eigenvalue weighted by Gasteiger charge is -2.32. The molecule has 34 heavy (non-hydrogen) atoms. The van der Waals surface area contributed by atoms with E-state index in [0.717, 1.165) is 39.2 Å². The summed E-state index contributed by atoms with van der Waals surface area (Å²) in [6, 6.07) is 22.3. The molecule has 0 fully saturated rings. The van der Waals surface area contributed by atoms with Crippen molar-refractivity contribution in [1.29, 1.82) is 0 Å². The Bertz CT molecular complexity index is 1240. The second-order valence-corrected chi connectivity index (χ2v) is 8.43. The molecule has 2 atom stereocenters. The molecular weight excluding hydrogens is 539 g/mol. The number of rotatable bonds is 5. The third-order valence-corrected chi connectivity index (χ3v) is 6.55. The highest BCUT2D eigenvalue weighted by Crippen LogP contribution is 2.45. The molecule has 0 aliphatic carbocycles. The zero-order valence-corrected chi connectivity index (χ0v) is 21.9. The minimum Gasteiger partial charge on any atom is -0.493 e. The van der Waals surface area contributed by atoms with Crippen LogP contribution in [0, 0.1) is 0 Å². The number of halogens is 3. The van der Waals surface area contributed by atoms with E-state index in [1.807, 2.05) is 48.7 Å². The second-order valence-electron chi connectivity index (χ2n) is 7.64. The molecule has 1 aliphatic rings. The van der Waals surface area contributed by atoms with E-state index in [-0.39, 0.29) is 36.9 Å². The van der Waals surface area contributed by atoms with Gasteiger partial charge in [-0.05, 0) is 52.2 Å². The van der Waals surface area contributed by atoms with Crippen molar-refractivity contribution in [2.24, 2.45) is 0 Å². The SMILES string of the molecule is COc1ccc(C2CC(c3ccccn3)Nc3c(Br)c(-c4ccccc4)nn32)cc1OC.Cl.Cl. The van der Waals surface area contributed by atoms with Crippen molar-refractivity contribution in [2.75, 3.05) is 19.5 Å². The number of nitrogens with zero attached hydrogens (tertiary/aromatic N) is 3. The molecule has 0 saturated heterocycles. The lowest BCUT2D eigenvalue weighted by atomic mass is 9.95. The Morgan fingerprint density at radius 1 is 0.941 bits per heavy atom. The van der Waals surface area contributed by atoms with E-state index in [1.165, 1.54) is 0 Å². The van der Waals surface area contributed by atoms with Crippen LogP contribution in [0.2, 0.25) is 0 Å². The Morgan fingerprint density at radius 3 is 2.35 bits per heavy atom. The number of fused-ring (bicyclic) bond motifs is 1. The van der Waals surface area contributed by atoms with Crippen molar-refractivity contribution < 1.29 is 9.47 Å². The first-order valence-corrected chi connectivity index (χ1v) is 11.2. The number of benzene rings is 2. The van der Waals surface area contributed by atoms with Crippen molar-refractivity contribution in [1.82, 2.24) is 14.8 Å². The Balaban J connectivity index is 0.00000162. The average Bonchev–Trinajstić information content (AvgIpc) is 3.20. The number of pyridine rings is 1. The zero-order valence-electron chi connectivity index (χ0n) is 18.6. The number of ether oxygens (including phenoxy) is 2. The molecule has 1 N–H and O–H groups in total. The highest BCUT2D eigenvalue weighted by molar-refractivity contribution is 9.10. The molecule has 0 spiro atoms. The summed E-state index contributed by atoms with van der Waals surface area (Å²) in [7, 11) is 3.30.